The summed E-state index contributed by atoms with van der Waals surface area (Å²) in [5.41, 5.74) is 1.64. The number of amides is 2. The summed E-state index contributed by atoms with van der Waals surface area (Å²) in [6.45, 7) is 0.276. The highest BCUT2D eigenvalue weighted by molar-refractivity contribution is 5.99. The van der Waals surface area contributed by atoms with Gasteiger partial charge in [0.1, 0.15) is 11.6 Å². The Labute approximate surface area is 201 Å². The molecule has 7 nitrogen and oxygen atoms in total. The molecule has 4 rings (SSSR count). The molecular weight excluding hydrogens is 458 g/mol. The maximum Gasteiger partial charge on any atom is 0.255 e. The molecule has 0 saturated carbocycles. The van der Waals surface area contributed by atoms with Crippen LogP contribution in [-0.2, 0) is 11.3 Å². The number of benzene rings is 3. The standard InChI is InChI=1S/C26H24F2N2O5/c1-33-22-10-16(11-23(34-2)25(22)35-3)21(30-14-15-6-4-5-7-18(15)26(30)32)13-24(31)29-20-12-17(27)8-9-19(20)28/h4-12,21H,13-14H2,1-3H3,(H,29,31)/t21-/m1/s1. The van der Waals surface area contributed by atoms with Gasteiger partial charge in [0, 0.05) is 18.2 Å². The number of nitrogens with one attached hydrogen (secondary N) is 1. The van der Waals surface area contributed by atoms with Gasteiger partial charge >= 0.3 is 0 Å². The Morgan fingerprint density at radius 3 is 2.31 bits per heavy atom. The van der Waals surface area contributed by atoms with Gasteiger partial charge in [-0.15, -0.1) is 0 Å². The molecule has 1 N–H and O–H groups in total. The number of rotatable bonds is 8. The molecule has 9 heteroatoms. The molecule has 182 valence electrons. The number of methoxy groups -OCH3 is 3. The highest BCUT2D eigenvalue weighted by Gasteiger charge is 2.35. The van der Waals surface area contributed by atoms with E-state index in [2.05, 4.69) is 5.32 Å². The Balaban J connectivity index is 1.73. The summed E-state index contributed by atoms with van der Waals surface area (Å²) in [7, 11) is 4.40. The summed E-state index contributed by atoms with van der Waals surface area (Å²) >= 11 is 0. The van der Waals surface area contributed by atoms with E-state index in [0.29, 0.717) is 28.4 Å². The van der Waals surface area contributed by atoms with Crippen molar-refractivity contribution in [2.75, 3.05) is 26.6 Å². The number of fused-ring (bicyclic) bond motifs is 1. The van der Waals surface area contributed by atoms with Gasteiger partial charge in [-0.05, 0) is 41.5 Å². The molecule has 1 aliphatic heterocycles. The van der Waals surface area contributed by atoms with Crippen molar-refractivity contribution in [2.45, 2.75) is 19.0 Å². The Morgan fingerprint density at radius 2 is 1.69 bits per heavy atom. The summed E-state index contributed by atoms with van der Waals surface area (Å²) in [5, 5.41) is 2.41. The van der Waals surface area contributed by atoms with Gasteiger partial charge in [-0.3, -0.25) is 9.59 Å². The smallest absolute Gasteiger partial charge is 0.255 e. The lowest BCUT2D eigenvalue weighted by Crippen LogP contribution is -2.32. The fourth-order valence-electron chi connectivity index (χ4n) is 4.20. The molecule has 0 aromatic heterocycles. The normalized spacial score (nSPS) is 13.3. The summed E-state index contributed by atoms with van der Waals surface area (Å²) in [4.78, 5) is 27.8. The molecule has 1 aliphatic rings. The van der Waals surface area contributed by atoms with Crippen molar-refractivity contribution in [1.82, 2.24) is 4.90 Å². The van der Waals surface area contributed by atoms with Crippen LogP contribution in [0.3, 0.4) is 0 Å². The fourth-order valence-corrected chi connectivity index (χ4v) is 4.20. The van der Waals surface area contributed by atoms with E-state index in [4.69, 9.17) is 14.2 Å². The molecule has 0 bridgehead atoms. The minimum absolute atomic E-state index is 0.228. The van der Waals surface area contributed by atoms with Crippen molar-refractivity contribution in [1.29, 1.82) is 0 Å². The maximum absolute atomic E-state index is 14.1. The average Bonchev–Trinajstić information content (AvgIpc) is 3.20. The Kier molecular flexibility index (Phi) is 6.86. The second kappa shape index (κ2) is 10.0. The zero-order chi connectivity index (χ0) is 25.1. The second-order valence-electron chi connectivity index (χ2n) is 7.94. The first-order valence-corrected chi connectivity index (χ1v) is 10.8. The minimum atomic E-state index is -0.770. The van der Waals surface area contributed by atoms with E-state index in [9.17, 15) is 18.4 Å². The van der Waals surface area contributed by atoms with E-state index in [1.165, 1.54) is 21.3 Å². The van der Waals surface area contributed by atoms with Crippen LogP contribution in [0.1, 0.15) is 33.9 Å². The van der Waals surface area contributed by atoms with Gasteiger partial charge in [-0.1, -0.05) is 18.2 Å². The monoisotopic (exact) mass is 482 g/mol. The molecule has 0 unspecified atom stereocenters. The van der Waals surface area contributed by atoms with E-state index < -0.39 is 23.6 Å². The van der Waals surface area contributed by atoms with Gasteiger partial charge in [0.25, 0.3) is 5.91 Å². The van der Waals surface area contributed by atoms with Gasteiger partial charge < -0.3 is 24.4 Å². The predicted octanol–water partition coefficient (Wildman–Crippen LogP) is 4.72. The van der Waals surface area contributed by atoms with Crippen LogP contribution in [0.2, 0.25) is 0 Å². The molecule has 2 amide bonds. The quantitative estimate of drug-likeness (QED) is 0.503. The van der Waals surface area contributed by atoms with E-state index in [1.807, 2.05) is 12.1 Å². The second-order valence-corrected chi connectivity index (χ2v) is 7.94. The number of halogens is 2. The van der Waals surface area contributed by atoms with Crippen LogP contribution >= 0.6 is 0 Å². The molecule has 1 atom stereocenters. The van der Waals surface area contributed by atoms with Crippen molar-refractivity contribution in [3.8, 4) is 17.2 Å². The van der Waals surface area contributed by atoms with Crippen LogP contribution in [-0.4, -0.2) is 38.0 Å². The molecule has 3 aromatic rings. The maximum atomic E-state index is 14.1. The van der Waals surface area contributed by atoms with E-state index in [-0.39, 0.29) is 24.6 Å². The van der Waals surface area contributed by atoms with Gasteiger partial charge in [-0.25, -0.2) is 8.78 Å². The van der Waals surface area contributed by atoms with Gasteiger partial charge in [0.05, 0.1) is 39.5 Å². The topological polar surface area (TPSA) is 77.1 Å². The summed E-state index contributed by atoms with van der Waals surface area (Å²) in [5.74, 6) is -1.23. The lowest BCUT2D eigenvalue weighted by molar-refractivity contribution is -0.117. The third kappa shape index (κ3) is 4.75. The predicted molar refractivity (Wildman–Crippen MR) is 125 cm³/mol. The Morgan fingerprint density at radius 1 is 1.00 bits per heavy atom. The molecular formula is C26H24F2N2O5. The number of hydrogen-bond donors (Lipinski definition) is 1. The zero-order valence-corrected chi connectivity index (χ0v) is 19.4. The first-order valence-electron chi connectivity index (χ1n) is 10.8. The number of carbonyl (C=O) groups is 2. The largest absolute Gasteiger partial charge is 0.493 e. The highest BCUT2D eigenvalue weighted by Crippen LogP contribution is 2.43. The Bertz CT molecular complexity index is 1260. The summed E-state index contributed by atoms with van der Waals surface area (Å²) in [6.07, 6.45) is -0.228. The average molecular weight is 482 g/mol. The first kappa shape index (κ1) is 24.0. The number of nitrogens with zero attached hydrogens (tertiary/aromatic N) is 1. The van der Waals surface area contributed by atoms with Crippen LogP contribution in [0.5, 0.6) is 17.2 Å². The highest BCUT2D eigenvalue weighted by atomic mass is 19.1. The van der Waals surface area contributed by atoms with Crippen molar-refractivity contribution < 1.29 is 32.6 Å². The number of anilines is 1. The summed E-state index contributed by atoms with van der Waals surface area (Å²) in [6, 6.07) is 12.5. The molecule has 0 radical (unpaired) electrons. The SMILES string of the molecule is COc1cc([C@@H](CC(=O)Nc2cc(F)ccc2F)N2Cc3ccccc3C2=O)cc(OC)c1OC. The molecule has 3 aromatic carbocycles. The lowest BCUT2D eigenvalue weighted by atomic mass is 10.00. The molecule has 1 heterocycles. The lowest BCUT2D eigenvalue weighted by Gasteiger charge is -2.29. The van der Waals surface area contributed by atoms with Crippen molar-refractivity contribution >= 4 is 17.5 Å². The third-order valence-corrected chi connectivity index (χ3v) is 5.88. The molecule has 0 saturated heterocycles. The van der Waals surface area contributed by atoms with Crippen molar-refractivity contribution in [2.24, 2.45) is 0 Å². The van der Waals surface area contributed by atoms with E-state index in [1.54, 1.807) is 29.2 Å². The third-order valence-electron chi connectivity index (χ3n) is 5.88. The molecule has 0 spiro atoms. The minimum Gasteiger partial charge on any atom is -0.493 e. The fraction of sp³-hybridized carbons (Fsp3) is 0.231. The van der Waals surface area contributed by atoms with E-state index in [0.717, 1.165) is 23.8 Å². The van der Waals surface area contributed by atoms with Crippen molar-refractivity contribution in [3.63, 3.8) is 0 Å². The van der Waals surface area contributed by atoms with Crippen molar-refractivity contribution in [3.05, 3.63) is 82.9 Å². The van der Waals surface area contributed by atoms with Gasteiger partial charge in [-0.2, -0.15) is 0 Å². The van der Waals surface area contributed by atoms with Crippen LogP contribution in [0.4, 0.5) is 14.5 Å². The zero-order valence-electron chi connectivity index (χ0n) is 19.4. The molecule has 35 heavy (non-hydrogen) atoms. The molecule has 0 fully saturated rings. The van der Waals surface area contributed by atoms with Crippen LogP contribution in [0, 0.1) is 11.6 Å². The van der Waals surface area contributed by atoms with E-state index >= 15 is 0 Å². The van der Waals surface area contributed by atoms with Crippen LogP contribution in [0.15, 0.2) is 54.6 Å². The van der Waals surface area contributed by atoms with Gasteiger partial charge in [0.15, 0.2) is 11.5 Å². The van der Waals surface area contributed by atoms with Gasteiger partial charge in [0.2, 0.25) is 11.7 Å². The number of hydrogen-bond acceptors (Lipinski definition) is 5. The summed E-state index contributed by atoms with van der Waals surface area (Å²) < 4.78 is 44.0. The molecule has 0 aliphatic carbocycles. The van der Waals surface area contributed by atoms with Crippen LogP contribution < -0.4 is 19.5 Å². The number of ether oxygens (including phenoxy) is 3. The number of carbonyl (C=O) groups excluding carboxylic acids is 2. The van der Waals surface area contributed by atoms with Crippen LogP contribution in [0.25, 0.3) is 0 Å². The first-order chi connectivity index (χ1) is 16.9. The Hall–Kier alpha value is -4.14.